The number of carbonyl (C=O) groups is 1. The average Bonchev–Trinajstić information content (AvgIpc) is 2.94. The molecule has 1 aromatic rings. The number of nitrogens with zero attached hydrogens (tertiary/aromatic N) is 2. The van der Waals surface area contributed by atoms with Gasteiger partial charge in [0.1, 0.15) is 0 Å². The highest BCUT2D eigenvalue weighted by molar-refractivity contribution is 6.33. The molecule has 1 N–H and O–H groups in total. The van der Waals surface area contributed by atoms with E-state index in [1.165, 1.54) is 25.6 Å². The number of hydrogen-bond donors (Lipinski definition) is 1. The Labute approximate surface area is 111 Å². The second-order valence-electron chi connectivity index (χ2n) is 4.97. The van der Waals surface area contributed by atoms with Crippen LogP contribution in [0, 0.1) is 0 Å². The lowest BCUT2D eigenvalue weighted by atomic mass is 10.1. The smallest absolute Gasteiger partial charge is 0.254 e. The van der Waals surface area contributed by atoms with Crippen molar-refractivity contribution in [2.24, 2.45) is 0 Å². The van der Waals surface area contributed by atoms with E-state index in [0.717, 1.165) is 13.0 Å². The molecule has 2 atom stereocenters. The third-order valence-electron chi connectivity index (χ3n) is 3.93. The maximum absolute atomic E-state index is 12.2. The van der Waals surface area contributed by atoms with Gasteiger partial charge in [0.2, 0.25) is 0 Å². The molecule has 0 aliphatic carbocycles. The number of aromatic nitrogens is 1. The maximum Gasteiger partial charge on any atom is 0.254 e. The zero-order valence-electron chi connectivity index (χ0n) is 10.1. The molecule has 0 saturated carbocycles. The van der Waals surface area contributed by atoms with E-state index >= 15 is 0 Å². The molecule has 2 aliphatic heterocycles. The Morgan fingerprint density at radius 1 is 1.44 bits per heavy atom. The number of pyridine rings is 1. The van der Waals surface area contributed by atoms with Crippen LogP contribution in [0.5, 0.6) is 0 Å². The van der Waals surface area contributed by atoms with Gasteiger partial charge in [0.15, 0.2) is 0 Å². The van der Waals surface area contributed by atoms with Crippen molar-refractivity contribution < 1.29 is 4.79 Å². The quantitative estimate of drug-likeness (QED) is 0.885. The number of hydrogen-bond acceptors (Lipinski definition) is 3. The summed E-state index contributed by atoms with van der Waals surface area (Å²) in [6.07, 6.45) is 6.58. The predicted molar refractivity (Wildman–Crippen MR) is 69.7 cm³/mol. The van der Waals surface area contributed by atoms with Crippen molar-refractivity contribution >= 4 is 17.5 Å². The number of amides is 1. The molecular formula is C13H16ClN3O. The van der Waals surface area contributed by atoms with Gasteiger partial charge in [-0.05, 0) is 31.9 Å². The number of halogens is 1. The van der Waals surface area contributed by atoms with E-state index in [2.05, 4.69) is 15.2 Å². The minimum atomic E-state index is -0.105. The molecule has 18 heavy (non-hydrogen) atoms. The minimum Gasteiger partial charge on any atom is -0.348 e. The summed E-state index contributed by atoms with van der Waals surface area (Å²) in [5, 5.41) is 3.56. The van der Waals surface area contributed by atoms with Crippen molar-refractivity contribution in [2.75, 3.05) is 13.1 Å². The zero-order chi connectivity index (χ0) is 12.5. The van der Waals surface area contributed by atoms with Gasteiger partial charge in [-0.1, -0.05) is 11.6 Å². The SMILES string of the molecule is O=C(NC1CCN2CCCC12)c1cnccc1Cl. The zero-order valence-corrected chi connectivity index (χ0v) is 10.9. The van der Waals surface area contributed by atoms with Crippen molar-refractivity contribution in [3.8, 4) is 0 Å². The second-order valence-corrected chi connectivity index (χ2v) is 5.38. The highest BCUT2D eigenvalue weighted by Crippen LogP contribution is 2.28. The summed E-state index contributed by atoms with van der Waals surface area (Å²) in [4.78, 5) is 18.6. The number of rotatable bonds is 2. The third kappa shape index (κ3) is 2.10. The number of fused-ring (bicyclic) bond motifs is 1. The highest BCUT2D eigenvalue weighted by Gasteiger charge is 2.37. The molecule has 2 unspecified atom stereocenters. The standard InChI is InChI=1S/C13H16ClN3O/c14-10-3-5-15-8-9(10)13(18)16-11-4-7-17-6-1-2-12(11)17/h3,5,8,11-12H,1-2,4,6-7H2,(H,16,18). The molecule has 0 bridgehead atoms. The molecule has 3 rings (SSSR count). The number of carbonyl (C=O) groups excluding carboxylic acids is 1. The molecule has 0 spiro atoms. The van der Waals surface area contributed by atoms with E-state index in [1.54, 1.807) is 12.3 Å². The second kappa shape index (κ2) is 4.86. The normalized spacial score (nSPS) is 27.2. The molecule has 2 aliphatic rings. The van der Waals surface area contributed by atoms with Gasteiger partial charge < -0.3 is 5.32 Å². The highest BCUT2D eigenvalue weighted by atomic mass is 35.5. The van der Waals surface area contributed by atoms with Crippen LogP contribution in [-0.2, 0) is 0 Å². The molecule has 2 saturated heterocycles. The fourth-order valence-corrected chi connectivity index (χ4v) is 3.23. The van der Waals surface area contributed by atoms with Crippen LogP contribution in [0.15, 0.2) is 18.5 Å². The predicted octanol–water partition coefficient (Wildman–Crippen LogP) is 1.70. The summed E-state index contributed by atoms with van der Waals surface area (Å²) < 4.78 is 0. The van der Waals surface area contributed by atoms with Crippen molar-refractivity contribution in [3.63, 3.8) is 0 Å². The molecule has 5 heteroatoms. The third-order valence-corrected chi connectivity index (χ3v) is 4.26. The summed E-state index contributed by atoms with van der Waals surface area (Å²) in [5.41, 5.74) is 0.468. The maximum atomic E-state index is 12.2. The van der Waals surface area contributed by atoms with E-state index < -0.39 is 0 Å². The van der Waals surface area contributed by atoms with E-state index in [-0.39, 0.29) is 11.9 Å². The van der Waals surface area contributed by atoms with Crippen LogP contribution in [0.2, 0.25) is 5.02 Å². The Morgan fingerprint density at radius 2 is 2.33 bits per heavy atom. The Balaban J connectivity index is 1.70. The van der Waals surface area contributed by atoms with Crippen molar-refractivity contribution in [2.45, 2.75) is 31.3 Å². The lowest BCUT2D eigenvalue weighted by Crippen LogP contribution is -2.42. The fraction of sp³-hybridized carbons (Fsp3) is 0.538. The van der Waals surface area contributed by atoms with Gasteiger partial charge in [-0.2, -0.15) is 0 Å². The first-order valence-corrected chi connectivity index (χ1v) is 6.78. The fourth-order valence-electron chi connectivity index (χ4n) is 3.04. The molecule has 96 valence electrons. The molecule has 4 nitrogen and oxygen atoms in total. The summed E-state index contributed by atoms with van der Waals surface area (Å²) in [5.74, 6) is -0.105. The van der Waals surface area contributed by atoms with Crippen LogP contribution in [0.4, 0.5) is 0 Å². The first-order valence-electron chi connectivity index (χ1n) is 6.40. The lowest BCUT2D eigenvalue weighted by molar-refractivity contribution is 0.0929. The first-order chi connectivity index (χ1) is 8.75. The van der Waals surface area contributed by atoms with E-state index in [0.29, 0.717) is 16.6 Å². The average molecular weight is 266 g/mol. The molecule has 3 heterocycles. The van der Waals surface area contributed by atoms with Gasteiger partial charge in [0.25, 0.3) is 5.91 Å². The lowest BCUT2D eigenvalue weighted by Gasteiger charge is -2.21. The Bertz CT molecular complexity index is 465. The van der Waals surface area contributed by atoms with Crippen LogP contribution >= 0.6 is 11.6 Å². The van der Waals surface area contributed by atoms with Crippen molar-refractivity contribution in [1.82, 2.24) is 15.2 Å². The van der Waals surface area contributed by atoms with Gasteiger partial charge in [0.05, 0.1) is 10.6 Å². The van der Waals surface area contributed by atoms with Crippen LogP contribution in [-0.4, -0.2) is 41.0 Å². The van der Waals surface area contributed by atoms with Gasteiger partial charge in [-0.15, -0.1) is 0 Å². The van der Waals surface area contributed by atoms with Gasteiger partial charge in [0, 0.05) is 31.0 Å². The Kier molecular flexibility index (Phi) is 3.22. The largest absolute Gasteiger partial charge is 0.348 e. The van der Waals surface area contributed by atoms with Crippen molar-refractivity contribution in [3.05, 3.63) is 29.0 Å². The van der Waals surface area contributed by atoms with E-state index in [1.807, 2.05) is 0 Å². The van der Waals surface area contributed by atoms with Crippen LogP contribution < -0.4 is 5.32 Å². The van der Waals surface area contributed by atoms with Crippen molar-refractivity contribution in [1.29, 1.82) is 0 Å². The van der Waals surface area contributed by atoms with Crippen LogP contribution in [0.3, 0.4) is 0 Å². The summed E-state index contributed by atoms with van der Waals surface area (Å²) in [7, 11) is 0. The molecule has 1 amide bonds. The molecule has 1 aromatic heterocycles. The summed E-state index contributed by atoms with van der Waals surface area (Å²) in [6, 6.07) is 2.42. The van der Waals surface area contributed by atoms with E-state index in [4.69, 9.17) is 11.6 Å². The molecule has 0 aromatic carbocycles. The van der Waals surface area contributed by atoms with Gasteiger partial charge in [-0.25, -0.2) is 0 Å². The van der Waals surface area contributed by atoms with Gasteiger partial charge in [-0.3, -0.25) is 14.7 Å². The first kappa shape index (κ1) is 11.9. The Hall–Kier alpha value is -1.13. The molecule has 2 fully saturated rings. The van der Waals surface area contributed by atoms with Crippen LogP contribution in [0.1, 0.15) is 29.6 Å². The Morgan fingerprint density at radius 3 is 3.17 bits per heavy atom. The van der Waals surface area contributed by atoms with Crippen LogP contribution in [0.25, 0.3) is 0 Å². The molecular weight excluding hydrogens is 250 g/mol. The number of nitrogens with one attached hydrogen (secondary N) is 1. The minimum absolute atomic E-state index is 0.105. The topological polar surface area (TPSA) is 45.2 Å². The van der Waals surface area contributed by atoms with Gasteiger partial charge >= 0.3 is 0 Å². The summed E-state index contributed by atoms with van der Waals surface area (Å²) >= 11 is 6.00. The monoisotopic (exact) mass is 265 g/mol. The molecule has 0 radical (unpaired) electrons. The summed E-state index contributed by atoms with van der Waals surface area (Å²) in [6.45, 7) is 2.26. The van der Waals surface area contributed by atoms with E-state index in [9.17, 15) is 4.79 Å².